The van der Waals surface area contributed by atoms with Gasteiger partial charge in [-0.2, -0.15) is 0 Å². The number of hydrogen-bond acceptors (Lipinski definition) is 4. The van der Waals surface area contributed by atoms with Gasteiger partial charge in [0, 0.05) is 0 Å². The smallest absolute Gasteiger partial charge is 0.235 e. The second kappa shape index (κ2) is 2.98. The topological polar surface area (TPSA) is 86.6 Å². The van der Waals surface area contributed by atoms with E-state index in [0.29, 0.717) is 0 Å². The third kappa shape index (κ3) is 2.92. The molecular formula is C2H7NO4S. The first-order valence-electron chi connectivity index (χ1n) is 1.87. The molecule has 3 N–H and O–H groups in total. The van der Waals surface area contributed by atoms with Gasteiger partial charge in [-0.25, -0.2) is 8.42 Å². The summed E-state index contributed by atoms with van der Waals surface area (Å²) in [7, 11) is -3.61. The lowest BCUT2D eigenvalue weighted by atomic mass is 10.9. The molecule has 0 bridgehead atoms. The van der Waals surface area contributed by atoms with E-state index in [-0.39, 0.29) is 0 Å². The van der Waals surface area contributed by atoms with Crippen LogP contribution in [0.2, 0.25) is 0 Å². The zero-order valence-electron chi connectivity index (χ0n) is 4.03. The van der Waals surface area contributed by atoms with E-state index in [1.54, 1.807) is 0 Å². The SMILES string of the molecule is O=S(=O)(CCO)NO. The van der Waals surface area contributed by atoms with E-state index in [1.165, 1.54) is 0 Å². The van der Waals surface area contributed by atoms with Crippen molar-refractivity contribution in [2.45, 2.75) is 0 Å². The Kier molecular flexibility index (Phi) is 2.91. The maximum Gasteiger partial charge on any atom is 0.235 e. The van der Waals surface area contributed by atoms with Crippen LogP contribution in [0, 0.1) is 0 Å². The van der Waals surface area contributed by atoms with Gasteiger partial charge in [0.25, 0.3) is 0 Å². The second-order valence-corrected chi connectivity index (χ2v) is 2.95. The molecule has 0 rings (SSSR count). The summed E-state index contributed by atoms with van der Waals surface area (Å²) in [6.45, 7) is -0.490. The molecule has 0 saturated heterocycles. The van der Waals surface area contributed by atoms with E-state index >= 15 is 0 Å². The molecule has 0 aromatic rings. The van der Waals surface area contributed by atoms with Crippen LogP contribution in [-0.4, -0.2) is 31.1 Å². The predicted octanol–water partition coefficient (Wildman–Crippen LogP) is -1.71. The normalized spacial score (nSPS) is 11.8. The summed E-state index contributed by atoms with van der Waals surface area (Å²) < 4.78 is 20.2. The number of rotatable bonds is 3. The fraction of sp³-hybridized carbons (Fsp3) is 1.00. The van der Waals surface area contributed by atoms with Gasteiger partial charge in [0.1, 0.15) is 0 Å². The van der Waals surface area contributed by atoms with E-state index in [0.717, 1.165) is 4.89 Å². The van der Waals surface area contributed by atoms with Gasteiger partial charge in [-0.15, -0.1) is 0 Å². The summed E-state index contributed by atoms with van der Waals surface area (Å²) in [6, 6.07) is 0. The monoisotopic (exact) mass is 141 g/mol. The molecule has 6 heteroatoms. The van der Waals surface area contributed by atoms with Gasteiger partial charge in [0.2, 0.25) is 10.0 Å². The first kappa shape index (κ1) is 7.83. The van der Waals surface area contributed by atoms with Crippen LogP contribution in [0.1, 0.15) is 0 Å². The van der Waals surface area contributed by atoms with Crippen LogP contribution in [0.25, 0.3) is 0 Å². The Morgan fingerprint density at radius 2 is 2.00 bits per heavy atom. The maximum absolute atomic E-state index is 10.1. The van der Waals surface area contributed by atoms with Crippen molar-refractivity contribution < 1.29 is 18.7 Å². The van der Waals surface area contributed by atoms with Crippen LogP contribution in [0.15, 0.2) is 0 Å². The Bertz CT molecular complexity index is 138. The average Bonchev–Trinajstić information content (AvgIpc) is 1.67. The molecule has 0 unspecified atom stereocenters. The lowest BCUT2D eigenvalue weighted by molar-refractivity contribution is 0.239. The number of sulfonamides is 1. The molecule has 50 valence electrons. The largest absolute Gasteiger partial charge is 0.395 e. The summed E-state index contributed by atoms with van der Waals surface area (Å²) in [4.78, 5) is 1.05. The van der Waals surface area contributed by atoms with Crippen LogP contribution in [0.5, 0.6) is 0 Å². The summed E-state index contributed by atoms with van der Waals surface area (Å²) in [5.41, 5.74) is 0. The van der Waals surface area contributed by atoms with Gasteiger partial charge in [0.05, 0.1) is 12.4 Å². The van der Waals surface area contributed by atoms with Crippen molar-refractivity contribution in [1.82, 2.24) is 4.89 Å². The number of aliphatic hydroxyl groups excluding tert-OH is 1. The first-order chi connectivity index (χ1) is 3.62. The second-order valence-electron chi connectivity index (χ2n) is 1.13. The van der Waals surface area contributed by atoms with Gasteiger partial charge in [-0.05, 0) is 0 Å². The zero-order chi connectivity index (χ0) is 6.62. The van der Waals surface area contributed by atoms with E-state index in [2.05, 4.69) is 0 Å². The summed E-state index contributed by atoms with van der Waals surface area (Å²) >= 11 is 0. The van der Waals surface area contributed by atoms with Gasteiger partial charge in [-0.3, -0.25) is 0 Å². The molecule has 0 saturated carbocycles. The number of aliphatic hydroxyl groups is 1. The molecule has 0 spiro atoms. The number of hydrogen-bond donors (Lipinski definition) is 3. The van der Waals surface area contributed by atoms with Crippen molar-refractivity contribution in [3.63, 3.8) is 0 Å². The lowest BCUT2D eigenvalue weighted by Gasteiger charge is -1.94. The summed E-state index contributed by atoms with van der Waals surface area (Å²) in [5.74, 6) is -0.469. The van der Waals surface area contributed by atoms with Crippen molar-refractivity contribution in [2.75, 3.05) is 12.4 Å². The summed E-state index contributed by atoms with van der Waals surface area (Å²) in [5, 5.41) is 15.8. The molecule has 0 radical (unpaired) electrons. The van der Waals surface area contributed by atoms with Crippen LogP contribution in [0.4, 0.5) is 0 Å². The molecule has 0 aliphatic rings. The Morgan fingerprint density at radius 3 is 2.12 bits per heavy atom. The van der Waals surface area contributed by atoms with Gasteiger partial charge < -0.3 is 10.3 Å². The highest BCUT2D eigenvalue weighted by molar-refractivity contribution is 7.89. The third-order valence-corrected chi connectivity index (χ3v) is 1.50. The minimum atomic E-state index is -3.61. The highest BCUT2D eigenvalue weighted by Crippen LogP contribution is 1.76. The minimum Gasteiger partial charge on any atom is -0.395 e. The molecule has 0 fully saturated rings. The van der Waals surface area contributed by atoms with Crippen LogP contribution >= 0.6 is 0 Å². The van der Waals surface area contributed by atoms with Crippen molar-refractivity contribution in [1.29, 1.82) is 0 Å². The van der Waals surface area contributed by atoms with Crippen LogP contribution in [0.3, 0.4) is 0 Å². The zero-order valence-corrected chi connectivity index (χ0v) is 4.85. The minimum absolute atomic E-state index is 0.469. The molecule has 0 amide bonds. The Labute approximate surface area is 47.0 Å². The van der Waals surface area contributed by atoms with Gasteiger partial charge in [-0.1, -0.05) is 4.89 Å². The van der Waals surface area contributed by atoms with E-state index in [4.69, 9.17) is 10.3 Å². The fourth-order valence-corrected chi connectivity index (χ4v) is 0.497. The third-order valence-electron chi connectivity index (χ3n) is 0.499. The highest BCUT2D eigenvalue weighted by atomic mass is 32.2. The van der Waals surface area contributed by atoms with Crippen LogP contribution < -0.4 is 4.89 Å². The molecule has 5 nitrogen and oxygen atoms in total. The van der Waals surface area contributed by atoms with E-state index in [1.807, 2.05) is 0 Å². The maximum atomic E-state index is 10.1. The average molecular weight is 141 g/mol. The van der Waals surface area contributed by atoms with Crippen LogP contribution in [-0.2, 0) is 10.0 Å². The van der Waals surface area contributed by atoms with Crippen molar-refractivity contribution in [2.24, 2.45) is 0 Å². The molecule has 8 heavy (non-hydrogen) atoms. The van der Waals surface area contributed by atoms with E-state index in [9.17, 15) is 8.42 Å². The van der Waals surface area contributed by atoms with Gasteiger partial charge >= 0.3 is 0 Å². The van der Waals surface area contributed by atoms with Crippen molar-refractivity contribution in [3.8, 4) is 0 Å². The van der Waals surface area contributed by atoms with Gasteiger partial charge in [0.15, 0.2) is 0 Å². The number of nitrogens with one attached hydrogen (secondary N) is 1. The fourth-order valence-electron chi connectivity index (χ4n) is 0.166. The molecule has 0 aliphatic carbocycles. The lowest BCUT2D eigenvalue weighted by Crippen LogP contribution is -2.24. The van der Waals surface area contributed by atoms with Crippen molar-refractivity contribution in [3.05, 3.63) is 0 Å². The Hall–Kier alpha value is -0.170. The summed E-state index contributed by atoms with van der Waals surface area (Å²) in [6.07, 6.45) is 0. The van der Waals surface area contributed by atoms with E-state index < -0.39 is 22.4 Å². The molecule has 0 atom stereocenters. The Balaban J connectivity index is 3.76. The first-order valence-corrected chi connectivity index (χ1v) is 3.52. The molecule has 0 aromatic carbocycles. The molecule has 0 heterocycles. The predicted molar refractivity (Wildman–Crippen MR) is 25.8 cm³/mol. The highest BCUT2D eigenvalue weighted by Gasteiger charge is 2.04. The molecule has 0 aliphatic heterocycles. The quantitative estimate of drug-likeness (QED) is 0.408. The standard InChI is InChI=1S/C2H7NO4S/c4-1-2-8(6,7)3-5/h3-5H,1-2H2. The molecular weight excluding hydrogens is 134 g/mol. The van der Waals surface area contributed by atoms with Crippen molar-refractivity contribution >= 4 is 10.0 Å². The Morgan fingerprint density at radius 1 is 1.50 bits per heavy atom. The molecule has 0 aromatic heterocycles.